The van der Waals surface area contributed by atoms with Crippen LogP contribution in [-0.4, -0.2) is 42.5 Å². The predicted octanol–water partition coefficient (Wildman–Crippen LogP) is 0.762. The summed E-state index contributed by atoms with van der Waals surface area (Å²) in [5, 5.41) is 0. The van der Waals surface area contributed by atoms with Crippen molar-refractivity contribution >= 4 is 5.91 Å². The molecule has 0 unspecified atom stereocenters. The van der Waals surface area contributed by atoms with Gasteiger partial charge in [-0.15, -0.1) is 0 Å². The van der Waals surface area contributed by atoms with E-state index < -0.39 is 0 Å². The molecule has 0 spiro atoms. The molecule has 0 aromatic rings. The van der Waals surface area contributed by atoms with Crippen molar-refractivity contribution in [3.05, 3.63) is 0 Å². The van der Waals surface area contributed by atoms with Gasteiger partial charge < -0.3 is 4.90 Å². The Bertz CT molecular complexity index is 195. The third kappa shape index (κ3) is 1.46. The van der Waals surface area contributed by atoms with Gasteiger partial charge in [-0.3, -0.25) is 9.69 Å². The molecule has 0 N–H and O–H groups in total. The first kappa shape index (κ1) is 9.52. The van der Waals surface area contributed by atoms with Gasteiger partial charge >= 0.3 is 0 Å². The molecule has 1 saturated heterocycles. The zero-order valence-corrected chi connectivity index (χ0v) is 8.59. The van der Waals surface area contributed by atoms with Crippen LogP contribution < -0.4 is 0 Å². The molecule has 1 fully saturated rings. The molecule has 0 bridgehead atoms. The normalized spacial score (nSPS) is 26.9. The number of carbonyl (C=O) groups is 1. The second-order valence-corrected chi connectivity index (χ2v) is 4.66. The Morgan fingerprint density at radius 3 is 2.00 bits per heavy atom. The maximum absolute atomic E-state index is 11.3. The largest absolute Gasteiger partial charge is 0.328 e. The first-order valence-electron chi connectivity index (χ1n) is 4.30. The number of nitrogens with zero attached hydrogens (tertiary/aromatic N) is 2. The molecule has 1 rings (SSSR count). The maximum Gasteiger partial charge on any atom is 0.237 e. The SMILES string of the molecule is CN1CC(=O)N(C)[C@H]1C(C)(C)C. The highest BCUT2D eigenvalue weighted by atomic mass is 16.2. The molecule has 1 heterocycles. The van der Waals surface area contributed by atoms with E-state index in [-0.39, 0.29) is 17.5 Å². The van der Waals surface area contributed by atoms with Crippen molar-refractivity contribution in [2.75, 3.05) is 20.6 Å². The lowest BCUT2D eigenvalue weighted by molar-refractivity contribution is -0.127. The maximum atomic E-state index is 11.3. The average molecular weight is 170 g/mol. The minimum atomic E-state index is 0.135. The van der Waals surface area contributed by atoms with Crippen molar-refractivity contribution in [3.8, 4) is 0 Å². The summed E-state index contributed by atoms with van der Waals surface area (Å²) < 4.78 is 0. The molecular weight excluding hydrogens is 152 g/mol. The van der Waals surface area contributed by atoms with Crippen LogP contribution in [0.3, 0.4) is 0 Å². The molecule has 0 aliphatic carbocycles. The molecule has 12 heavy (non-hydrogen) atoms. The molecule has 3 heteroatoms. The van der Waals surface area contributed by atoms with Crippen LogP contribution in [0.1, 0.15) is 20.8 Å². The number of carbonyl (C=O) groups excluding carboxylic acids is 1. The van der Waals surface area contributed by atoms with E-state index in [4.69, 9.17) is 0 Å². The lowest BCUT2D eigenvalue weighted by Crippen LogP contribution is -2.45. The fraction of sp³-hybridized carbons (Fsp3) is 0.889. The van der Waals surface area contributed by atoms with Gasteiger partial charge in [-0.25, -0.2) is 0 Å². The van der Waals surface area contributed by atoms with Crippen LogP contribution in [0, 0.1) is 5.41 Å². The Kier molecular flexibility index (Phi) is 2.17. The van der Waals surface area contributed by atoms with Gasteiger partial charge in [0.25, 0.3) is 0 Å². The molecule has 0 saturated carbocycles. The van der Waals surface area contributed by atoms with E-state index in [0.717, 1.165) is 0 Å². The second kappa shape index (κ2) is 2.73. The van der Waals surface area contributed by atoms with E-state index in [1.165, 1.54) is 0 Å². The van der Waals surface area contributed by atoms with E-state index in [0.29, 0.717) is 6.54 Å². The van der Waals surface area contributed by atoms with Gasteiger partial charge in [0.15, 0.2) is 0 Å². The van der Waals surface area contributed by atoms with E-state index in [1.54, 1.807) is 0 Å². The Balaban J connectivity index is 2.84. The lowest BCUT2D eigenvalue weighted by Gasteiger charge is -2.36. The molecule has 1 aliphatic rings. The minimum Gasteiger partial charge on any atom is -0.328 e. The summed E-state index contributed by atoms with van der Waals surface area (Å²) in [7, 11) is 3.87. The number of likely N-dealkylation sites (N-methyl/N-ethyl adjacent to an activating group) is 2. The number of hydrogen-bond acceptors (Lipinski definition) is 2. The van der Waals surface area contributed by atoms with Crippen molar-refractivity contribution in [2.24, 2.45) is 5.41 Å². The minimum absolute atomic E-state index is 0.135. The Labute approximate surface area is 74.3 Å². The van der Waals surface area contributed by atoms with Gasteiger partial charge in [0.1, 0.15) is 0 Å². The summed E-state index contributed by atoms with van der Waals surface area (Å²) in [5.74, 6) is 0.220. The quantitative estimate of drug-likeness (QED) is 0.536. The summed E-state index contributed by atoms with van der Waals surface area (Å²) in [5.41, 5.74) is 0.135. The summed E-state index contributed by atoms with van der Waals surface area (Å²) in [6.45, 7) is 7.02. The first-order chi connectivity index (χ1) is 5.34. The highest BCUT2D eigenvalue weighted by molar-refractivity contribution is 5.80. The van der Waals surface area contributed by atoms with E-state index in [2.05, 4.69) is 25.7 Å². The van der Waals surface area contributed by atoms with Gasteiger partial charge in [-0.05, 0) is 12.5 Å². The van der Waals surface area contributed by atoms with Crippen molar-refractivity contribution in [1.29, 1.82) is 0 Å². The predicted molar refractivity (Wildman–Crippen MR) is 48.6 cm³/mol. The molecular formula is C9H18N2O. The van der Waals surface area contributed by atoms with Crippen LogP contribution in [0.15, 0.2) is 0 Å². The highest BCUT2D eigenvalue weighted by Gasteiger charge is 2.40. The molecule has 1 aliphatic heterocycles. The monoisotopic (exact) mass is 170 g/mol. The summed E-state index contributed by atoms with van der Waals surface area (Å²) in [6.07, 6.45) is 0.241. The zero-order valence-electron chi connectivity index (χ0n) is 8.59. The highest BCUT2D eigenvalue weighted by Crippen LogP contribution is 2.29. The fourth-order valence-electron chi connectivity index (χ4n) is 2.09. The van der Waals surface area contributed by atoms with Crippen molar-refractivity contribution in [1.82, 2.24) is 9.80 Å². The number of rotatable bonds is 0. The van der Waals surface area contributed by atoms with Crippen molar-refractivity contribution in [2.45, 2.75) is 26.9 Å². The summed E-state index contributed by atoms with van der Waals surface area (Å²) in [4.78, 5) is 15.3. The third-order valence-corrected chi connectivity index (χ3v) is 2.34. The van der Waals surface area contributed by atoms with Gasteiger partial charge in [0.2, 0.25) is 5.91 Å². The smallest absolute Gasteiger partial charge is 0.237 e. The van der Waals surface area contributed by atoms with Gasteiger partial charge in [-0.2, -0.15) is 0 Å². The van der Waals surface area contributed by atoms with Crippen LogP contribution in [0.4, 0.5) is 0 Å². The topological polar surface area (TPSA) is 23.6 Å². The molecule has 0 radical (unpaired) electrons. The fourth-order valence-corrected chi connectivity index (χ4v) is 2.09. The van der Waals surface area contributed by atoms with Gasteiger partial charge in [0, 0.05) is 7.05 Å². The summed E-state index contributed by atoms with van der Waals surface area (Å²) in [6, 6.07) is 0. The second-order valence-electron chi connectivity index (χ2n) is 4.66. The Morgan fingerprint density at radius 1 is 1.33 bits per heavy atom. The van der Waals surface area contributed by atoms with E-state index in [1.807, 2.05) is 19.0 Å². The molecule has 1 atom stereocenters. The number of hydrogen-bond donors (Lipinski definition) is 0. The van der Waals surface area contributed by atoms with Crippen LogP contribution in [-0.2, 0) is 4.79 Å². The molecule has 3 nitrogen and oxygen atoms in total. The van der Waals surface area contributed by atoms with Crippen LogP contribution >= 0.6 is 0 Å². The standard InChI is InChI=1S/C9H18N2O/c1-9(2,3)8-10(4)6-7(12)11(8)5/h8H,6H2,1-5H3/t8-/m0/s1. The molecule has 0 aromatic heterocycles. The molecule has 70 valence electrons. The van der Waals surface area contributed by atoms with Crippen molar-refractivity contribution in [3.63, 3.8) is 0 Å². The molecule has 0 aromatic carbocycles. The van der Waals surface area contributed by atoms with Crippen molar-refractivity contribution < 1.29 is 4.79 Å². The number of amides is 1. The Morgan fingerprint density at radius 2 is 1.83 bits per heavy atom. The third-order valence-electron chi connectivity index (χ3n) is 2.34. The van der Waals surface area contributed by atoms with E-state index in [9.17, 15) is 4.79 Å². The Hall–Kier alpha value is -0.570. The van der Waals surface area contributed by atoms with Crippen LogP contribution in [0.25, 0.3) is 0 Å². The average Bonchev–Trinajstić information content (AvgIpc) is 2.05. The molecule has 1 amide bonds. The van der Waals surface area contributed by atoms with Crippen LogP contribution in [0.5, 0.6) is 0 Å². The van der Waals surface area contributed by atoms with E-state index >= 15 is 0 Å². The van der Waals surface area contributed by atoms with Gasteiger partial charge in [0.05, 0.1) is 12.7 Å². The zero-order chi connectivity index (χ0) is 9.52. The van der Waals surface area contributed by atoms with Crippen LogP contribution in [0.2, 0.25) is 0 Å². The first-order valence-corrected chi connectivity index (χ1v) is 4.30. The van der Waals surface area contributed by atoms with Gasteiger partial charge in [-0.1, -0.05) is 20.8 Å². The lowest BCUT2D eigenvalue weighted by atomic mass is 9.91. The summed E-state index contributed by atoms with van der Waals surface area (Å²) >= 11 is 0.